The molecule has 0 aromatic heterocycles. The van der Waals surface area contributed by atoms with E-state index < -0.39 is 11.6 Å². The van der Waals surface area contributed by atoms with Crippen molar-refractivity contribution < 1.29 is 18.3 Å². The predicted octanol–water partition coefficient (Wildman–Crippen LogP) is 7.55. The molecule has 0 saturated heterocycles. The van der Waals surface area contributed by atoms with E-state index in [2.05, 4.69) is 6.92 Å². The van der Waals surface area contributed by atoms with E-state index in [4.69, 9.17) is 9.47 Å². The van der Waals surface area contributed by atoms with E-state index in [9.17, 15) is 8.78 Å². The first-order valence-electron chi connectivity index (χ1n) is 11.9. The summed E-state index contributed by atoms with van der Waals surface area (Å²) in [6.45, 7) is 5.22. The molecule has 3 rings (SSSR count). The lowest BCUT2D eigenvalue weighted by molar-refractivity contribution is 0.121. The maximum atomic E-state index is 14.3. The fourth-order valence-corrected chi connectivity index (χ4v) is 5.17. The molecule has 2 aliphatic carbocycles. The predicted molar refractivity (Wildman–Crippen MR) is 113 cm³/mol. The van der Waals surface area contributed by atoms with Gasteiger partial charge in [0.2, 0.25) is 11.6 Å². The number of hydrogen-bond donors (Lipinski definition) is 0. The fraction of sp³-hybridized carbons (Fsp3) is 0.760. The second-order valence-electron chi connectivity index (χ2n) is 9.17. The van der Waals surface area contributed by atoms with Crippen LogP contribution >= 0.6 is 0 Å². The van der Waals surface area contributed by atoms with Gasteiger partial charge in [0, 0.05) is 0 Å². The van der Waals surface area contributed by atoms with Crippen molar-refractivity contribution in [3.63, 3.8) is 0 Å². The second kappa shape index (κ2) is 11.2. The van der Waals surface area contributed by atoms with Crippen LogP contribution in [0.4, 0.5) is 8.78 Å². The van der Waals surface area contributed by atoms with Crippen molar-refractivity contribution >= 4 is 0 Å². The van der Waals surface area contributed by atoms with E-state index in [0.717, 1.165) is 43.4 Å². The summed E-state index contributed by atoms with van der Waals surface area (Å²) in [5.74, 6) is 1.28. The Balaban J connectivity index is 1.43. The van der Waals surface area contributed by atoms with Crippen LogP contribution in [0.25, 0.3) is 0 Å². The fourth-order valence-electron chi connectivity index (χ4n) is 5.17. The molecule has 0 heterocycles. The lowest BCUT2D eigenvalue weighted by atomic mass is 9.69. The Morgan fingerprint density at radius 2 is 1.28 bits per heavy atom. The number of unbranched alkanes of at least 4 members (excludes halogenated alkanes) is 1. The first-order chi connectivity index (χ1) is 14.1. The zero-order chi connectivity index (χ0) is 20.6. The van der Waals surface area contributed by atoms with Gasteiger partial charge in [0.15, 0.2) is 11.5 Å². The number of benzene rings is 1. The summed E-state index contributed by atoms with van der Waals surface area (Å²) in [5.41, 5.74) is 0. The van der Waals surface area contributed by atoms with Crippen molar-refractivity contribution in [3.05, 3.63) is 23.8 Å². The third-order valence-electron chi connectivity index (χ3n) is 7.27. The van der Waals surface area contributed by atoms with Crippen LogP contribution in [0.3, 0.4) is 0 Å². The molecule has 2 fully saturated rings. The van der Waals surface area contributed by atoms with Gasteiger partial charge in [-0.3, -0.25) is 0 Å². The molecule has 29 heavy (non-hydrogen) atoms. The topological polar surface area (TPSA) is 18.5 Å². The second-order valence-corrected chi connectivity index (χ2v) is 9.17. The summed E-state index contributed by atoms with van der Waals surface area (Å²) in [6.07, 6.45) is 13.5. The number of rotatable bonds is 9. The van der Waals surface area contributed by atoms with Gasteiger partial charge in [-0.2, -0.15) is 8.78 Å². The van der Waals surface area contributed by atoms with E-state index in [1.54, 1.807) is 0 Å². The van der Waals surface area contributed by atoms with Crippen LogP contribution in [0, 0.1) is 35.3 Å². The van der Waals surface area contributed by atoms with Crippen LogP contribution in [0.5, 0.6) is 11.5 Å². The van der Waals surface area contributed by atoms with Gasteiger partial charge in [0.05, 0.1) is 13.2 Å². The quantitative estimate of drug-likeness (QED) is 0.393. The first-order valence-corrected chi connectivity index (χ1v) is 11.9. The highest BCUT2D eigenvalue weighted by Gasteiger charge is 2.30. The Kier molecular flexibility index (Phi) is 8.62. The van der Waals surface area contributed by atoms with Gasteiger partial charge in [0.25, 0.3) is 0 Å². The Labute approximate surface area is 175 Å². The molecule has 0 bridgehead atoms. The maximum Gasteiger partial charge on any atom is 0.204 e. The highest BCUT2D eigenvalue weighted by Crippen LogP contribution is 2.42. The standard InChI is InChI=1S/C25H38F2O2/c1-3-5-16-28-22-14-15-23(25(27)24(22)26)29-17-19-8-12-21(13-9-19)20-10-6-18(4-2)7-11-20/h14-15,18-21H,3-13,16-17H2,1-2H3/t18-,19?,20-,21?. The van der Waals surface area contributed by atoms with Crippen LogP contribution in [0.15, 0.2) is 12.1 Å². The largest absolute Gasteiger partial charge is 0.490 e. The van der Waals surface area contributed by atoms with Crippen molar-refractivity contribution in [1.82, 2.24) is 0 Å². The van der Waals surface area contributed by atoms with Crippen molar-refractivity contribution in [1.29, 1.82) is 0 Å². The summed E-state index contributed by atoms with van der Waals surface area (Å²) < 4.78 is 39.5. The molecule has 0 aliphatic heterocycles. The smallest absolute Gasteiger partial charge is 0.204 e. The maximum absolute atomic E-state index is 14.3. The van der Waals surface area contributed by atoms with Gasteiger partial charge in [-0.1, -0.05) is 39.5 Å². The highest BCUT2D eigenvalue weighted by atomic mass is 19.2. The van der Waals surface area contributed by atoms with Gasteiger partial charge < -0.3 is 9.47 Å². The zero-order valence-electron chi connectivity index (χ0n) is 18.2. The van der Waals surface area contributed by atoms with Gasteiger partial charge in [-0.25, -0.2) is 0 Å². The minimum Gasteiger partial charge on any atom is -0.490 e. The van der Waals surface area contributed by atoms with Crippen LogP contribution in [-0.2, 0) is 0 Å². The number of ether oxygens (including phenoxy) is 2. The average Bonchev–Trinajstić information content (AvgIpc) is 2.77. The number of hydrogen-bond acceptors (Lipinski definition) is 2. The molecule has 2 aliphatic rings. The van der Waals surface area contributed by atoms with Gasteiger partial charge >= 0.3 is 0 Å². The summed E-state index contributed by atoms with van der Waals surface area (Å²) >= 11 is 0. The molecule has 1 aromatic carbocycles. The van der Waals surface area contributed by atoms with Crippen LogP contribution in [0.1, 0.15) is 84.5 Å². The van der Waals surface area contributed by atoms with Gasteiger partial charge in [-0.15, -0.1) is 0 Å². The molecule has 2 saturated carbocycles. The van der Waals surface area contributed by atoms with Crippen molar-refractivity contribution in [3.8, 4) is 11.5 Å². The Hall–Kier alpha value is -1.32. The van der Waals surface area contributed by atoms with Crippen molar-refractivity contribution in [2.24, 2.45) is 23.7 Å². The zero-order valence-corrected chi connectivity index (χ0v) is 18.2. The summed E-state index contributed by atoms with van der Waals surface area (Å²) in [7, 11) is 0. The van der Waals surface area contributed by atoms with E-state index in [-0.39, 0.29) is 11.5 Å². The molecule has 0 unspecified atom stereocenters. The van der Waals surface area contributed by atoms with Crippen molar-refractivity contribution in [2.45, 2.75) is 84.5 Å². The minimum absolute atomic E-state index is 0.00496. The molecule has 0 radical (unpaired) electrons. The lowest BCUT2D eigenvalue weighted by Gasteiger charge is -2.37. The van der Waals surface area contributed by atoms with E-state index >= 15 is 0 Å². The normalized spacial score (nSPS) is 27.6. The summed E-state index contributed by atoms with van der Waals surface area (Å²) in [6, 6.07) is 2.98. The van der Waals surface area contributed by atoms with Crippen LogP contribution in [0.2, 0.25) is 0 Å². The molecular weight excluding hydrogens is 370 g/mol. The Morgan fingerprint density at radius 3 is 1.79 bits per heavy atom. The van der Waals surface area contributed by atoms with Gasteiger partial charge in [0.1, 0.15) is 0 Å². The number of halogens is 2. The van der Waals surface area contributed by atoms with E-state index in [0.29, 0.717) is 19.1 Å². The van der Waals surface area contributed by atoms with Crippen LogP contribution in [-0.4, -0.2) is 13.2 Å². The van der Waals surface area contributed by atoms with Crippen molar-refractivity contribution in [2.75, 3.05) is 13.2 Å². The van der Waals surface area contributed by atoms with Crippen LogP contribution < -0.4 is 9.47 Å². The highest BCUT2D eigenvalue weighted by molar-refractivity contribution is 5.35. The summed E-state index contributed by atoms with van der Waals surface area (Å²) in [5, 5.41) is 0. The molecule has 1 aromatic rings. The molecule has 0 amide bonds. The minimum atomic E-state index is -0.940. The SMILES string of the molecule is CCCCOc1ccc(OCC2CCC([C@H]3CC[C@H](CC)CC3)CC2)c(F)c1F. The molecule has 0 spiro atoms. The lowest BCUT2D eigenvalue weighted by Crippen LogP contribution is -2.27. The molecule has 0 N–H and O–H groups in total. The third-order valence-corrected chi connectivity index (χ3v) is 7.27. The molecule has 2 nitrogen and oxygen atoms in total. The molecule has 0 atom stereocenters. The molecular formula is C25H38F2O2. The third kappa shape index (κ3) is 6.08. The molecule has 4 heteroatoms. The first kappa shape index (κ1) is 22.4. The monoisotopic (exact) mass is 408 g/mol. The molecule has 164 valence electrons. The van der Waals surface area contributed by atoms with Gasteiger partial charge in [-0.05, 0) is 80.8 Å². The summed E-state index contributed by atoms with van der Waals surface area (Å²) in [4.78, 5) is 0. The Bertz CT molecular complexity index is 617. The van der Waals surface area contributed by atoms with E-state index in [1.807, 2.05) is 6.92 Å². The average molecular weight is 409 g/mol. The van der Waals surface area contributed by atoms with E-state index in [1.165, 1.54) is 57.1 Å². The Morgan fingerprint density at radius 1 is 0.759 bits per heavy atom.